The van der Waals surface area contributed by atoms with E-state index in [9.17, 15) is 14.4 Å². The highest BCUT2D eigenvalue weighted by atomic mass is 35.5. The van der Waals surface area contributed by atoms with Crippen molar-refractivity contribution >= 4 is 35.1 Å². The number of nitrogens with zero attached hydrogens (tertiary/aromatic N) is 1. The van der Waals surface area contributed by atoms with Crippen LogP contribution in [0.3, 0.4) is 0 Å². The van der Waals surface area contributed by atoms with Crippen LogP contribution < -0.4 is 10.2 Å². The third kappa shape index (κ3) is 5.33. The van der Waals surface area contributed by atoms with Crippen molar-refractivity contribution in [2.24, 2.45) is 0 Å². The Hall–Kier alpha value is -2.86. The van der Waals surface area contributed by atoms with Crippen molar-refractivity contribution in [2.75, 3.05) is 24.6 Å². The number of nitrogens with one attached hydrogen (secondary N) is 1. The van der Waals surface area contributed by atoms with Gasteiger partial charge in [0.15, 0.2) is 6.61 Å². The fourth-order valence-corrected chi connectivity index (χ4v) is 3.24. The first-order valence-electron chi connectivity index (χ1n) is 9.11. The van der Waals surface area contributed by atoms with Gasteiger partial charge in [-0.15, -0.1) is 0 Å². The zero-order chi connectivity index (χ0) is 19.9. The number of ether oxygens (including phenoxy) is 1. The van der Waals surface area contributed by atoms with Gasteiger partial charge in [-0.05, 0) is 48.7 Å². The number of rotatable bonds is 7. The van der Waals surface area contributed by atoms with Gasteiger partial charge in [0.2, 0.25) is 5.91 Å². The highest BCUT2D eigenvalue weighted by molar-refractivity contribution is 6.30. The molecule has 7 heteroatoms. The molecule has 2 amide bonds. The zero-order valence-corrected chi connectivity index (χ0v) is 16.1. The Bertz CT molecular complexity index is 884. The van der Waals surface area contributed by atoms with Crippen molar-refractivity contribution in [2.45, 2.75) is 19.3 Å². The molecule has 1 aliphatic heterocycles. The van der Waals surface area contributed by atoms with E-state index in [0.717, 1.165) is 12.0 Å². The molecule has 6 nitrogen and oxygen atoms in total. The van der Waals surface area contributed by atoms with Crippen molar-refractivity contribution in [3.8, 4) is 0 Å². The van der Waals surface area contributed by atoms with Crippen LogP contribution in [0.5, 0.6) is 0 Å². The molecule has 1 N–H and O–H groups in total. The second kappa shape index (κ2) is 9.37. The molecule has 3 rings (SSSR count). The molecule has 28 heavy (non-hydrogen) atoms. The van der Waals surface area contributed by atoms with Gasteiger partial charge in [0.25, 0.3) is 5.91 Å². The summed E-state index contributed by atoms with van der Waals surface area (Å²) in [5.41, 5.74) is 1.99. The normalized spacial score (nSPS) is 13.5. The first kappa shape index (κ1) is 19.9. The molecule has 1 aliphatic rings. The largest absolute Gasteiger partial charge is 0.452 e. The maximum atomic E-state index is 12.2. The number of anilines is 1. The molecule has 0 atom stereocenters. The Kier molecular flexibility index (Phi) is 6.66. The average Bonchev–Trinajstić information content (AvgIpc) is 3.12. The highest BCUT2D eigenvalue weighted by Crippen LogP contribution is 2.22. The Labute approximate surface area is 168 Å². The monoisotopic (exact) mass is 400 g/mol. The number of esters is 1. The molecule has 0 aromatic heterocycles. The number of carbonyl (C=O) groups excluding carboxylic acids is 3. The van der Waals surface area contributed by atoms with Crippen LogP contribution in [0, 0.1) is 0 Å². The van der Waals surface area contributed by atoms with Gasteiger partial charge in [0, 0.05) is 30.2 Å². The average molecular weight is 401 g/mol. The van der Waals surface area contributed by atoms with Crippen molar-refractivity contribution < 1.29 is 19.1 Å². The van der Waals surface area contributed by atoms with E-state index in [1.165, 1.54) is 0 Å². The number of halogens is 1. The summed E-state index contributed by atoms with van der Waals surface area (Å²) in [6, 6.07) is 14.1. The fourth-order valence-electron chi connectivity index (χ4n) is 3.03. The quantitative estimate of drug-likeness (QED) is 0.725. The molecule has 0 unspecified atom stereocenters. The lowest BCUT2D eigenvalue weighted by Gasteiger charge is -2.16. The number of benzene rings is 2. The Balaban J connectivity index is 1.46. The lowest BCUT2D eigenvalue weighted by molar-refractivity contribution is -0.124. The molecule has 0 spiro atoms. The molecule has 0 radical (unpaired) electrons. The van der Waals surface area contributed by atoms with Gasteiger partial charge >= 0.3 is 5.97 Å². The summed E-state index contributed by atoms with van der Waals surface area (Å²) in [6.45, 7) is 0.705. The number of hydrogen-bond acceptors (Lipinski definition) is 4. The summed E-state index contributed by atoms with van der Waals surface area (Å²) in [6.07, 6.45) is 1.96. The van der Waals surface area contributed by atoms with Crippen LogP contribution in [0.1, 0.15) is 28.8 Å². The lowest BCUT2D eigenvalue weighted by Crippen LogP contribution is -2.30. The maximum absolute atomic E-state index is 12.2. The fraction of sp³-hybridized carbons (Fsp3) is 0.286. The van der Waals surface area contributed by atoms with Gasteiger partial charge in [-0.25, -0.2) is 4.79 Å². The van der Waals surface area contributed by atoms with E-state index < -0.39 is 5.97 Å². The molecule has 2 aromatic carbocycles. The van der Waals surface area contributed by atoms with Crippen molar-refractivity contribution in [3.05, 3.63) is 64.7 Å². The molecule has 2 aromatic rings. The molecule has 0 bridgehead atoms. The summed E-state index contributed by atoms with van der Waals surface area (Å²) in [5.74, 6) is -0.927. The summed E-state index contributed by atoms with van der Waals surface area (Å²) >= 11 is 5.92. The molecular weight excluding hydrogens is 380 g/mol. The van der Waals surface area contributed by atoms with Gasteiger partial charge in [-0.2, -0.15) is 0 Å². The summed E-state index contributed by atoms with van der Waals surface area (Å²) in [4.78, 5) is 37.6. The first-order chi connectivity index (χ1) is 13.5. The van der Waals surface area contributed by atoms with Crippen molar-refractivity contribution in [1.82, 2.24) is 5.32 Å². The number of carbonyl (C=O) groups is 3. The standard InChI is InChI=1S/C21H21ClN2O4/c22-17-6-1-4-15(12-17)9-10-23-19(25)14-28-21(27)16-5-2-7-18(13-16)24-11-3-8-20(24)26/h1-2,4-7,12-13H,3,8-11,14H2,(H,23,25). The van der Waals surface area contributed by atoms with E-state index in [-0.39, 0.29) is 18.4 Å². The van der Waals surface area contributed by atoms with Gasteiger partial charge < -0.3 is 15.0 Å². The summed E-state index contributed by atoms with van der Waals surface area (Å²) < 4.78 is 5.08. The van der Waals surface area contributed by atoms with Crippen LogP contribution in [0.4, 0.5) is 5.69 Å². The van der Waals surface area contributed by atoms with E-state index in [4.69, 9.17) is 16.3 Å². The minimum atomic E-state index is -0.599. The van der Waals surface area contributed by atoms with Crippen molar-refractivity contribution in [3.63, 3.8) is 0 Å². The Morgan fingerprint density at radius 1 is 1.14 bits per heavy atom. The zero-order valence-electron chi connectivity index (χ0n) is 15.3. The van der Waals surface area contributed by atoms with Crippen molar-refractivity contribution in [1.29, 1.82) is 0 Å². The first-order valence-corrected chi connectivity index (χ1v) is 9.49. The van der Waals surface area contributed by atoms with E-state index in [0.29, 0.717) is 42.2 Å². The third-order valence-corrected chi connectivity index (χ3v) is 4.66. The molecule has 1 fully saturated rings. The SMILES string of the molecule is O=C(COC(=O)c1cccc(N2CCCC2=O)c1)NCCc1cccc(Cl)c1. The molecule has 0 saturated carbocycles. The maximum Gasteiger partial charge on any atom is 0.338 e. The topological polar surface area (TPSA) is 75.7 Å². The molecule has 1 heterocycles. The second-order valence-electron chi connectivity index (χ2n) is 6.51. The van der Waals surface area contributed by atoms with Crippen LogP contribution in [-0.2, 0) is 20.7 Å². The predicted octanol–water partition coefficient (Wildman–Crippen LogP) is 2.98. The van der Waals surface area contributed by atoms with E-state index in [1.807, 2.05) is 18.2 Å². The van der Waals surface area contributed by atoms with Gasteiger partial charge in [0.05, 0.1) is 5.56 Å². The van der Waals surface area contributed by atoms with Crippen LogP contribution in [0.2, 0.25) is 5.02 Å². The molecule has 1 saturated heterocycles. The van der Waals surface area contributed by atoms with E-state index in [1.54, 1.807) is 35.2 Å². The Morgan fingerprint density at radius 2 is 1.96 bits per heavy atom. The highest BCUT2D eigenvalue weighted by Gasteiger charge is 2.22. The number of amides is 2. The van der Waals surface area contributed by atoms with E-state index >= 15 is 0 Å². The second-order valence-corrected chi connectivity index (χ2v) is 6.94. The summed E-state index contributed by atoms with van der Waals surface area (Å²) in [5, 5.41) is 3.36. The summed E-state index contributed by atoms with van der Waals surface area (Å²) in [7, 11) is 0. The molecule has 0 aliphatic carbocycles. The number of hydrogen-bond donors (Lipinski definition) is 1. The third-order valence-electron chi connectivity index (χ3n) is 4.43. The minimum Gasteiger partial charge on any atom is -0.452 e. The van der Waals surface area contributed by atoms with Crippen LogP contribution >= 0.6 is 11.6 Å². The Morgan fingerprint density at radius 3 is 2.71 bits per heavy atom. The molecule has 146 valence electrons. The lowest BCUT2D eigenvalue weighted by atomic mass is 10.1. The smallest absolute Gasteiger partial charge is 0.338 e. The van der Waals surface area contributed by atoms with E-state index in [2.05, 4.69) is 5.32 Å². The minimum absolute atomic E-state index is 0.0459. The van der Waals surface area contributed by atoms with Gasteiger partial charge in [-0.1, -0.05) is 29.8 Å². The van der Waals surface area contributed by atoms with Crippen LogP contribution in [-0.4, -0.2) is 37.5 Å². The van der Waals surface area contributed by atoms with Gasteiger partial charge in [-0.3, -0.25) is 9.59 Å². The predicted molar refractivity (Wildman–Crippen MR) is 106 cm³/mol. The van der Waals surface area contributed by atoms with Crippen LogP contribution in [0.15, 0.2) is 48.5 Å². The van der Waals surface area contributed by atoms with Crippen LogP contribution in [0.25, 0.3) is 0 Å². The molecular formula is C21H21ClN2O4. The van der Waals surface area contributed by atoms with Gasteiger partial charge in [0.1, 0.15) is 0 Å².